The normalized spacial score (nSPS) is 12.5. The fourth-order valence-corrected chi connectivity index (χ4v) is 1.30. The first kappa shape index (κ1) is 9.96. The van der Waals surface area contributed by atoms with E-state index in [9.17, 15) is 0 Å². The van der Waals surface area contributed by atoms with Gasteiger partial charge in [0.2, 0.25) is 0 Å². The minimum Gasteiger partial charge on any atom is -0.383 e. The van der Waals surface area contributed by atoms with Gasteiger partial charge in [-0.05, 0) is 11.1 Å². The fourth-order valence-electron chi connectivity index (χ4n) is 1.30. The standard InChI is InChI=1S/C11H15NO/c1-3-9-6-4-5-7-10(9)11(12)8-13-2/h3-7,11H,1,8,12H2,2H3. The Balaban J connectivity index is 2.91. The second-order valence-corrected chi connectivity index (χ2v) is 2.89. The van der Waals surface area contributed by atoms with Crippen molar-refractivity contribution in [1.29, 1.82) is 0 Å². The zero-order valence-electron chi connectivity index (χ0n) is 7.86. The topological polar surface area (TPSA) is 35.2 Å². The van der Waals surface area contributed by atoms with E-state index in [1.165, 1.54) is 0 Å². The molecule has 2 heteroatoms. The molecule has 0 aromatic heterocycles. The van der Waals surface area contributed by atoms with Gasteiger partial charge in [0.15, 0.2) is 0 Å². The summed E-state index contributed by atoms with van der Waals surface area (Å²) in [6.07, 6.45) is 1.81. The number of nitrogens with two attached hydrogens (primary N) is 1. The van der Waals surface area contributed by atoms with Gasteiger partial charge in [0, 0.05) is 7.11 Å². The summed E-state index contributed by atoms with van der Waals surface area (Å²) in [5.41, 5.74) is 8.07. The molecule has 0 fully saturated rings. The molecule has 1 rings (SSSR count). The van der Waals surface area contributed by atoms with E-state index < -0.39 is 0 Å². The monoisotopic (exact) mass is 177 g/mol. The highest BCUT2D eigenvalue weighted by atomic mass is 16.5. The van der Waals surface area contributed by atoms with E-state index in [2.05, 4.69) is 6.58 Å². The Morgan fingerprint density at radius 3 is 2.85 bits per heavy atom. The van der Waals surface area contributed by atoms with Crippen LogP contribution in [-0.4, -0.2) is 13.7 Å². The van der Waals surface area contributed by atoms with Crippen molar-refractivity contribution in [3.05, 3.63) is 42.0 Å². The lowest BCUT2D eigenvalue weighted by atomic mass is 10.0. The third-order valence-electron chi connectivity index (χ3n) is 1.96. The highest BCUT2D eigenvalue weighted by molar-refractivity contribution is 5.52. The fraction of sp³-hybridized carbons (Fsp3) is 0.273. The van der Waals surface area contributed by atoms with Gasteiger partial charge in [0.1, 0.15) is 0 Å². The van der Waals surface area contributed by atoms with Crippen molar-refractivity contribution < 1.29 is 4.74 Å². The zero-order valence-corrected chi connectivity index (χ0v) is 7.86. The van der Waals surface area contributed by atoms with Crippen LogP contribution in [0.4, 0.5) is 0 Å². The van der Waals surface area contributed by atoms with E-state index >= 15 is 0 Å². The molecule has 0 spiro atoms. The average molecular weight is 177 g/mol. The van der Waals surface area contributed by atoms with Gasteiger partial charge in [-0.2, -0.15) is 0 Å². The highest BCUT2D eigenvalue weighted by Gasteiger charge is 2.07. The second kappa shape index (κ2) is 4.80. The van der Waals surface area contributed by atoms with Crippen molar-refractivity contribution >= 4 is 6.08 Å². The van der Waals surface area contributed by atoms with Crippen LogP contribution in [0.3, 0.4) is 0 Å². The summed E-state index contributed by atoms with van der Waals surface area (Å²) in [5.74, 6) is 0. The Kier molecular flexibility index (Phi) is 3.68. The molecule has 0 aliphatic heterocycles. The molecular formula is C11H15NO. The summed E-state index contributed by atoms with van der Waals surface area (Å²) in [6.45, 7) is 4.27. The molecule has 1 atom stereocenters. The van der Waals surface area contributed by atoms with Gasteiger partial charge >= 0.3 is 0 Å². The van der Waals surface area contributed by atoms with Gasteiger partial charge in [-0.3, -0.25) is 0 Å². The molecule has 1 aromatic rings. The molecular weight excluding hydrogens is 162 g/mol. The maximum absolute atomic E-state index is 5.91. The molecule has 0 amide bonds. The molecule has 13 heavy (non-hydrogen) atoms. The maximum Gasteiger partial charge on any atom is 0.0655 e. The lowest BCUT2D eigenvalue weighted by molar-refractivity contribution is 0.181. The highest BCUT2D eigenvalue weighted by Crippen LogP contribution is 2.16. The number of rotatable bonds is 4. The number of hydrogen-bond acceptors (Lipinski definition) is 2. The Morgan fingerprint density at radius 1 is 1.54 bits per heavy atom. The van der Waals surface area contributed by atoms with Crippen LogP contribution in [0.15, 0.2) is 30.8 Å². The summed E-state index contributed by atoms with van der Waals surface area (Å²) in [5, 5.41) is 0. The van der Waals surface area contributed by atoms with Crippen molar-refractivity contribution in [2.75, 3.05) is 13.7 Å². The van der Waals surface area contributed by atoms with E-state index in [-0.39, 0.29) is 6.04 Å². The molecule has 2 nitrogen and oxygen atoms in total. The van der Waals surface area contributed by atoms with Crippen LogP contribution >= 0.6 is 0 Å². The van der Waals surface area contributed by atoms with Crippen molar-refractivity contribution in [3.8, 4) is 0 Å². The molecule has 0 heterocycles. The number of benzene rings is 1. The summed E-state index contributed by atoms with van der Waals surface area (Å²) in [6, 6.07) is 7.87. The van der Waals surface area contributed by atoms with E-state index in [0.29, 0.717) is 6.61 Å². The van der Waals surface area contributed by atoms with Crippen LogP contribution in [0.1, 0.15) is 17.2 Å². The number of hydrogen-bond donors (Lipinski definition) is 1. The summed E-state index contributed by atoms with van der Waals surface area (Å²) >= 11 is 0. The molecule has 0 saturated carbocycles. The van der Waals surface area contributed by atoms with Crippen LogP contribution in [-0.2, 0) is 4.74 Å². The minimum absolute atomic E-state index is 0.0702. The zero-order chi connectivity index (χ0) is 9.68. The molecule has 1 aromatic carbocycles. The first-order valence-electron chi connectivity index (χ1n) is 4.25. The van der Waals surface area contributed by atoms with E-state index in [0.717, 1.165) is 11.1 Å². The summed E-state index contributed by atoms with van der Waals surface area (Å²) in [4.78, 5) is 0. The SMILES string of the molecule is C=Cc1ccccc1C(N)COC. The molecule has 70 valence electrons. The predicted molar refractivity (Wildman–Crippen MR) is 55.3 cm³/mol. The Morgan fingerprint density at radius 2 is 2.23 bits per heavy atom. The van der Waals surface area contributed by atoms with Gasteiger partial charge in [0.25, 0.3) is 0 Å². The van der Waals surface area contributed by atoms with E-state index in [1.807, 2.05) is 30.3 Å². The summed E-state index contributed by atoms with van der Waals surface area (Å²) in [7, 11) is 1.65. The third-order valence-corrected chi connectivity index (χ3v) is 1.96. The lowest BCUT2D eigenvalue weighted by Gasteiger charge is -2.13. The Bertz CT molecular complexity index is 283. The van der Waals surface area contributed by atoms with Gasteiger partial charge < -0.3 is 10.5 Å². The first-order chi connectivity index (χ1) is 6.29. The van der Waals surface area contributed by atoms with Gasteiger partial charge in [0.05, 0.1) is 12.6 Å². The maximum atomic E-state index is 5.91. The van der Waals surface area contributed by atoms with Crippen LogP contribution in [0.2, 0.25) is 0 Å². The molecule has 0 bridgehead atoms. The predicted octanol–water partition coefficient (Wildman–Crippen LogP) is 1.98. The van der Waals surface area contributed by atoms with Gasteiger partial charge in [-0.15, -0.1) is 0 Å². The quantitative estimate of drug-likeness (QED) is 0.763. The molecule has 0 saturated heterocycles. The van der Waals surface area contributed by atoms with Crippen LogP contribution < -0.4 is 5.73 Å². The molecule has 2 N–H and O–H groups in total. The minimum atomic E-state index is -0.0702. The lowest BCUT2D eigenvalue weighted by Crippen LogP contribution is -2.17. The molecule has 0 radical (unpaired) electrons. The van der Waals surface area contributed by atoms with Crippen LogP contribution in [0.25, 0.3) is 6.08 Å². The van der Waals surface area contributed by atoms with Crippen molar-refractivity contribution in [2.24, 2.45) is 5.73 Å². The van der Waals surface area contributed by atoms with Crippen LogP contribution in [0, 0.1) is 0 Å². The molecule has 0 aliphatic rings. The largest absolute Gasteiger partial charge is 0.383 e. The average Bonchev–Trinajstić information content (AvgIpc) is 2.18. The second-order valence-electron chi connectivity index (χ2n) is 2.89. The van der Waals surface area contributed by atoms with E-state index in [4.69, 9.17) is 10.5 Å². The Labute approximate surface area is 79.0 Å². The smallest absolute Gasteiger partial charge is 0.0655 e. The van der Waals surface area contributed by atoms with Crippen molar-refractivity contribution in [3.63, 3.8) is 0 Å². The van der Waals surface area contributed by atoms with Crippen molar-refractivity contribution in [1.82, 2.24) is 0 Å². The van der Waals surface area contributed by atoms with E-state index in [1.54, 1.807) is 7.11 Å². The van der Waals surface area contributed by atoms with Gasteiger partial charge in [-0.25, -0.2) is 0 Å². The van der Waals surface area contributed by atoms with Gasteiger partial charge in [-0.1, -0.05) is 36.9 Å². The third kappa shape index (κ3) is 2.41. The van der Waals surface area contributed by atoms with Crippen molar-refractivity contribution in [2.45, 2.75) is 6.04 Å². The molecule has 0 aliphatic carbocycles. The Hall–Kier alpha value is -1.12. The summed E-state index contributed by atoms with van der Waals surface area (Å²) < 4.78 is 5.00. The van der Waals surface area contributed by atoms with Crippen LogP contribution in [0.5, 0.6) is 0 Å². The number of methoxy groups -OCH3 is 1. The first-order valence-corrected chi connectivity index (χ1v) is 4.25. The molecule has 1 unspecified atom stereocenters. The number of ether oxygens (including phenoxy) is 1.